The van der Waals surface area contributed by atoms with Crippen LogP contribution in [0.25, 0.3) is 0 Å². The van der Waals surface area contributed by atoms with E-state index in [2.05, 4.69) is 0 Å². The number of hydrogen-bond donors (Lipinski definition) is 2. The van der Waals surface area contributed by atoms with Gasteiger partial charge in [-0.1, -0.05) is 41.9 Å². The van der Waals surface area contributed by atoms with Crippen LogP contribution in [-0.4, -0.2) is 26.8 Å². The maximum atomic E-state index is 13.1. The van der Waals surface area contributed by atoms with Crippen LogP contribution >= 0.6 is 11.6 Å². The molecule has 0 radical (unpaired) electrons. The molecule has 0 saturated heterocycles. The first-order chi connectivity index (χ1) is 11.0. The molecule has 122 valence electrons. The van der Waals surface area contributed by atoms with Crippen molar-refractivity contribution in [3.05, 3.63) is 65.2 Å². The summed E-state index contributed by atoms with van der Waals surface area (Å²) in [6.07, 6.45) is 0. The van der Waals surface area contributed by atoms with Crippen LogP contribution in [-0.2, 0) is 9.84 Å². The smallest absolute Gasteiger partial charge is 0.182 e. The highest BCUT2D eigenvalue weighted by Gasteiger charge is 2.69. The van der Waals surface area contributed by atoms with Crippen molar-refractivity contribution in [2.45, 2.75) is 16.1 Å². The number of hydrogen-bond acceptors (Lipinski definition) is 4. The Morgan fingerprint density at radius 3 is 2.22 bits per heavy atom. The average molecular weight is 351 g/mol. The normalized spacial score (nSPS) is 22.7. The third-order valence-electron chi connectivity index (χ3n) is 4.75. The van der Waals surface area contributed by atoms with Gasteiger partial charge in [-0.15, -0.1) is 0 Å². The van der Waals surface area contributed by atoms with E-state index in [-0.39, 0.29) is 19.0 Å². The van der Waals surface area contributed by atoms with Gasteiger partial charge in [0.05, 0.1) is 10.1 Å². The number of rotatable bonds is 5. The fourth-order valence-electron chi connectivity index (χ4n) is 3.47. The molecule has 1 aliphatic carbocycles. The molecule has 2 aromatic carbocycles. The minimum atomic E-state index is -3.51. The summed E-state index contributed by atoms with van der Waals surface area (Å²) in [5.74, 6) is -0.235. The Morgan fingerprint density at radius 1 is 1.00 bits per heavy atom. The first-order valence-electron chi connectivity index (χ1n) is 7.42. The lowest BCUT2D eigenvalue weighted by Crippen LogP contribution is -2.31. The summed E-state index contributed by atoms with van der Waals surface area (Å²) in [5, 5.41) is -0.0425. The molecule has 6 heteroatoms. The van der Waals surface area contributed by atoms with E-state index in [0.717, 1.165) is 5.56 Å². The monoisotopic (exact) mass is 350 g/mol. The van der Waals surface area contributed by atoms with Crippen molar-refractivity contribution in [3.63, 3.8) is 0 Å². The van der Waals surface area contributed by atoms with Crippen molar-refractivity contribution < 1.29 is 8.42 Å². The van der Waals surface area contributed by atoms with Gasteiger partial charge in [0.25, 0.3) is 0 Å². The van der Waals surface area contributed by atoms with Gasteiger partial charge in [0.1, 0.15) is 0 Å². The topological polar surface area (TPSA) is 86.2 Å². The zero-order valence-electron chi connectivity index (χ0n) is 12.5. The molecule has 1 aliphatic rings. The number of benzene rings is 2. The van der Waals surface area contributed by atoms with Gasteiger partial charge in [-0.05, 0) is 29.8 Å². The molecule has 0 aliphatic heterocycles. The van der Waals surface area contributed by atoms with Crippen LogP contribution in [0.5, 0.6) is 0 Å². The van der Waals surface area contributed by atoms with Crippen molar-refractivity contribution in [2.75, 3.05) is 13.1 Å². The van der Waals surface area contributed by atoms with Gasteiger partial charge in [0.2, 0.25) is 0 Å². The van der Waals surface area contributed by atoms with Crippen LogP contribution in [0.1, 0.15) is 11.5 Å². The van der Waals surface area contributed by atoms with E-state index in [0.29, 0.717) is 9.92 Å². The van der Waals surface area contributed by atoms with E-state index in [1.807, 2.05) is 12.1 Å². The number of sulfone groups is 1. The Kier molecular flexibility index (Phi) is 4.23. The van der Waals surface area contributed by atoms with E-state index >= 15 is 0 Å². The third kappa shape index (κ3) is 2.58. The molecule has 0 aromatic heterocycles. The summed E-state index contributed by atoms with van der Waals surface area (Å²) in [7, 11) is -3.51. The quantitative estimate of drug-likeness (QED) is 0.865. The maximum absolute atomic E-state index is 13.1. The summed E-state index contributed by atoms with van der Waals surface area (Å²) in [6.45, 7) is 0.439. The summed E-state index contributed by atoms with van der Waals surface area (Å²) >= 11 is 6.06. The highest BCUT2D eigenvalue weighted by Crippen LogP contribution is 2.63. The molecule has 4 N–H and O–H groups in total. The van der Waals surface area contributed by atoms with Gasteiger partial charge in [0.15, 0.2) is 9.84 Å². The van der Waals surface area contributed by atoms with E-state index < -0.39 is 20.5 Å². The Labute approximate surface area is 141 Å². The summed E-state index contributed by atoms with van der Waals surface area (Å²) in [6, 6.07) is 15.7. The molecule has 2 atom stereocenters. The lowest BCUT2D eigenvalue weighted by molar-refractivity contribution is 0.510. The zero-order valence-corrected chi connectivity index (χ0v) is 14.1. The van der Waals surface area contributed by atoms with Crippen molar-refractivity contribution in [3.8, 4) is 0 Å². The second-order valence-corrected chi connectivity index (χ2v) is 8.46. The van der Waals surface area contributed by atoms with Crippen molar-refractivity contribution in [1.29, 1.82) is 0 Å². The van der Waals surface area contributed by atoms with Gasteiger partial charge in [-0.2, -0.15) is 0 Å². The second-order valence-electron chi connectivity index (χ2n) is 5.95. The molecule has 2 aromatic rings. The summed E-state index contributed by atoms with van der Waals surface area (Å²) < 4.78 is 26.1. The van der Waals surface area contributed by atoms with E-state index in [1.165, 1.54) is 0 Å². The minimum Gasteiger partial charge on any atom is -0.330 e. The molecule has 2 unspecified atom stereocenters. The van der Waals surface area contributed by atoms with Crippen LogP contribution in [0.4, 0.5) is 0 Å². The second kappa shape index (κ2) is 5.91. The maximum Gasteiger partial charge on any atom is 0.182 e. The van der Waals surface area contributed by atoms with Crippen LogP contribution in [0, 0.1) is 5.41 Å². The Morgan fingerprint density at radius 2 is 1.65 bits per heavy atom. The molecule has 0 bridgehead atoms. The molecule has 4 nitrogen and oxygen atoms in total. The van der Waals surface area contributed by atoms with Gasteiger partial charge in [0, 0.05) is 29.4 Å². The van der Waals surface area contributed by atoms with Crippen molar-refractivity contribution >= 4 is 21.4 Å². The molecular formula is C17H19ClN2O2S. The zero-order chi connectivity index (χ0) is 16.7. The van der Waals surface area contributed by atoms with Crippen LogP contribution < -0.4 is 11.5 Å². The largest absolute Gasteiger partial charge is 0.330 e. The first kappa shape index (κ1) is 16.5. The standard InChI is InChI=1S/C17H19ClN2O2S/c18-13-6-4-5-12(9-13)15-16(17(15,10-19)11-20)23(21,22)14-7-2-1-3-8-14/h1-9,15-16H,10-11,19-20H2. The number of halogens is 1. The fourth-order valence-corrected chi connectivity index (χ4v) is 6.17. The predicted octanol–water partition coefficient (Wildman–Crippen LogP) is 2.18. The Hall–Kier alpha value is -1.40. The first-order valence-corrected chi connectivity index (χ1v) is 9.34. The van der Waals surface area contributed by atoms with Crippen LogP contribution in [0.3, 0.4) is 0 Å². The molecule has 1 saturated carbocycles. The molecule has 1 fully saturated rings. The van der Waals surface area contributed by atoms with Crippen LogP contribution in [0.15, 0.2) is 59.5 Å². The molecule has 0 amide bonds. The highest BCUT2D eigenvalue weighted by molar-refractivity contribution is 7.92. The fraction of sp³-hybridized carbons (Fsp3) is 0.294. The predicted molar refractivity (Wildman–Crippen MR) is 92.2 cm³/mol. The van der Waals surface area contributed by atoms with Crippen molar-refractivity contribution in [1.82, 2.24) is 0 Å². The summed E-state index contributed by atoms with van der Waals surface area (Å²) in [4.78, 5) is 0.306. The van der Waals surface area contributed by atoms with Gasteiger partial charge < -0.3 is 11.5 Å². The average Bonchev–Trinajstić information content (AvgIpc) is 3.26. The lowest BCUT2D eigenvalue weighted by Gasteiger charge is -2.13. The van der Waals surface area contributed by atoms with Gasteiger partial charge >= 0.3 is 0 Å². The van der Waals surface area contributed by atoms with Gasteiger partial charge in [-0.3, -0.25) is 0 Å². The molecular weight excluding hydrogens is 332 g/mol. The van der Waals surface area contributed by atoms with E-state index in [4.69, 9.17) is 23.1 Å². The van der Waals surface area contributed by atoms with Crippen LogP contribution in [0.2, 0.25) is 5.02 Å². The van der Waals surface area contributed by atoms with Gasteiger partial charge in [-0.25, -0.2) is 8.42 Å². The third-order valence-corrected chi connectivity index (χ3v) is 7.33. The Balaban J connectivity index is 2.07. The minimum absolute atomic E-state index is 0.220. The van der Waals surface area contributed by atoms with E-state index in [9.17, 15) is 8.42 Å². The molecule has 0 spiro atoms. The van der Waals surface area contributed by atoms with E-state index in [1.54, 1.807) is 42.5 Å². The number of nitrogens with two attached hydrogens (primary N) is 2. The molecule has 23 heavy (non-hydrogen) atoms. The lowest BCUT2D eigenvalue weighted by atomic mass is 9.99. The summed E-state index contributed by atoms with van der Waals surface area (Å²) in [5.41, 5.74) is 12.1. The highest BCUT2D eigenvalue weighted by atomic mass is 35.5. The Bertz CT molecular complexity index is 804. The molecule has 3 rings (SSSR count). The van der Waals surface area contributed by atoms with Crippen molar-refractivity contribution in [2.24, 2.45) is 16.9 Å². The molecule has 0 heterocycles. The SMILES string of the molecule is NCC1(CN)C(c2cccc(Cl)c2)C1S(=O)(=O)c1ccccc1.